The summed E-state index contributed by atoms with van der Waals surface area (Å²) < 4.78 is 1.18. The van der Waals surface area contributed by atoms with E-state index in [-0.39, 0.29) is 30.8 Å². The monoisotopic (exact) mass is 387 g/mol. The van der Waals surface area contributed by atoms with Crippen LogP contribution in [0.1, 0.15) is 41.9 Å². The van der Waals surface area contributed by atoms with Gasteiger partial charge in [-0.05, 0) is 30.9 Å². The molecule has 0 saturated carbocycles. The lowest BCUT2D eigenvalue weighted by molar-refractivity contribution is -0.138. The number of rotatable bonds is 9. The summed E-state index contributed by atoms with van der Waals surface area (Å²) in [6, 6.07) is 6.49. The molecule has 1 atom stereocenters. The number of nitrogens with zero attached hydrogens (tertiary/aromatic N) is 3. The van der Waals surface area contributed by atoms with Crippen LogP contribution in [0.4, 0.5) is 0 Å². The van der Waals surface area contributed by atoms with E-state index in [0.29, 0.717) is 17.7 Å². The van der Waals surface area contributed by atoms with Crippen molar-refractivity contribution >= 4 is 17.8 Å². The van der Waals surface area contributed by atoms with Gasteiger partial charge >= 0.3 is 5.97 Å². The second kappa shape index (κ2) is 9.63. The van der Waals surface area contributed by atoms with Crippen LogP contribution in [-0.4, -0.2) is 43.9 Å². The normalized spacial score (nSPS) is 11.9. The third-order valence-corrected chi connectivity index (χ3v) is 4.05. The summed E-state index contributed by atoms with van der Waals surface area (Å²) in [6.45, 7) is 5.57. The second-order valence-electron chi connectivity index (χ2n) is 6.99. The van der Waals surface area contributed by atoms with E-state index in [1.54, 1.807) is 12.1 Å². The average Bonchev–Trinajstić information content (AvgIpc) is 3.05. The molecular weight excluding hydrogens is 362 g/mol. The molecule has 150 valence electrons. The minimum atomic E-state index is -1.03. The number of carboxylic acid groups (broad SMARTS) is 1. The molecule has 1 heterocycles. The molecule has 0 aliphatic heterocycles. The minimum absolute atomic E-state index is 0.0906. The topological polar surface area (TPSA) is 126 Å². The Morgan fingerprint density at radius 2 is 1.93 bits per heavy atom. The first kappa shape index (κ1) is 21.1. The van der Waals surface area contributed by atoms with Gasteiger partial charge in [0.25, 0.3) is 5.91 Å². The van der Waals surface area contributed by atoms with Gasteiger partial charge in [-0.15, -0.1) is 5.10 Å². The van der Waals surface area contributed by atoms with Gasteiger partial charge in [-0.1, -0.05) is 37.3 Å². The fourth-order valence-electron chi connectivity index (χ4n) is 2.70. The highest BCUT2D eigenvalue weighted by molar-refractivity contribution is 5.98. The minimum Gasteiger partial charge on any atom is -0.480 e. The number of aryl methyl sites for hydroxylation is 1. The Morgan fingerprint density at radius 3 is 2.57 bits per heavy atom. The van der Waals surface area contributed by atoms with Crippen LogP contribution in [0, 0.1) is 12.8 Å². The molecule has 3 N–H and O–H groups in total. The van der Waals surface area contributed by atoms with Crippen LogP contribution < -0.4 is 10.6 Å². The number of carboxylic acids is 1. The fourth-order valence-corrected chi connectivity index (χ4v) is 2.70. The Labute approximate surface area is 163 Å². The second-order valence-corrected chi connectivity index (χ2v) is 6.99. The zero-order valence-corrected chi connectivity index (χ0v) is 16.2. The summed E-state index contributed by atoms with van der Waals surface area (Å²) in [6.07, 6.45) is 1.94. The molecule has 1 aromatic heterocycles. The van der Waals surface area contributed by atoms with Gasteiger partial charge in [-0.2, -0.15) is 0 Å². The van der Waals surface area contributed by atoms with Gasteiger partial charge in [0.15, 0.2) is 0 Å². The van der Waals surface area contributed by atoms with E-state index in [2.05, 4.69) is 20.9 Å². The summed E-state index contributed by atoms with van der Waals surface area (Å²) >= 11 is 0. The maximum atomic E-state index is 12.6. The summed E-state index contributed by atoms with van der Waals surface area (Å²) in [5.41, 5.74) is 1.79. The van der Waals surface area contributed by atoms with E-state index < -0.39 is 12.0 Å². The van der Waals surface area contributed by atoms with Gasteiger partial charge in [0.2, 0.25) is 5.91 Å². The number of hydrogen-bond donors (Lipinski definition) is 3. The van der Waals surface area contributed by atoms with Crippen LogP contribution in [0.5, 0.6) is 0 Å². The van der Waals surface area contributed by atoms with Crippen LogP contribution >= 0.6 is 0 Å². The first-order valence-corrected chi connectivity index (χ1v) is 9.01. The molecule has 0 radical (unpaired) electrons. The molecule has 1 unspecified atom stereocenters. The van der Waals surface area contributed by atoms with Crippen molar-refractivity contribution in [3.63, 3.8) is 0 Å². The van der Waals surface area contributed by atoms with Crippen molar-refractivity contribution in [2.75, 3.05) is 0 Å². The largest absolute Gasteiger partial charge is 0.480 e. The number of aliphatic carboxylic acids is 1. The summed E-state index contributed by atoms with van der Waals surface area (Å²) in [4.78, 5) is 35.9. The van der Waals surface area contributed by atoms with Gasteiger partial charge in [-0.25, -0.2) is 4.68 Å². The summed E-state index contributed by atoms with van der Waals surface area (Å²) in [7, 11) is 0. The molecule has 0 aliphatic rings. The Bertz CT molecular complexity index is 846. The Hall–Kier alpha value is -3.23. The lowest BCUT2D eigenvalue weighted by atomic mass is 10.0. The zero-order chi connectivity index (χ0) is 20.7. The van der Waals surface area contributed by atoms with Crippen molar-refractivity contribution in [1.29, 1.82) is 0 Å². The van der Waals surface area contributed by atoms with Crippen LogP contribution in [0.25, 0.3) is 0 Å². The molecule has 0 saturated heterocycles. The summed E-state index contributed by atoms with van der Waals surface area (Å²) in [5.74, 6) is -1.46. The Kier molecular flexibility index (Phi) is 7.25. The Balaban J connectivity index is 2.00. The number of carbonyl (C=O) groups is 3. The lowest BCUT2D eigenvalue weighted by Gasteiger charge is -2.20. The quantitative estimate of drug-likeness (QED) is 0.592. The molecule has 0 bridgehead atoms. The molecule has 2 rings (SSSR count). The van der Waals surface area contributed by atoms with Crippen LogP contribution in [0.3, 0.4) is 0 Å². The number of aromatic nitrogens is 3. The summed E-state index contributed by atoms with van der Waals surface area (Å²) in [5, 5.41) is 21.8. The van der Waals surface area contributed by atoms with Crippen molar-refractivity contribution in [2.24, 2.45) is 5.92 Å². The number of benzene rings is 1. The van der Waals surface area contributed by atoms with Crippen LogP contribution in [-0.2, 0) is 22.7 Å². The highest BCUT2D eigenvalue weighted by Gasteiger charge is 2.23. The van der Waals surface area contributed by atoms with Gasteiger partial charge < -0.3 is 15.7 Å². The predicted octanol–water partition coefficient (Wildman–Crippen LogP) is 1.13. The first-order valence-electron chi connectivity index (χ1n) is 9.01. The third-order valence-electron chi connectivity index (χ3n) is 4.05. The highest BCUT2D eigenvalue weighted by Crippen LogP contribution is 2.10. The molecule has 0 spiro atoms. The maximum Gasteiger partial charge on any atom is 0.325 e. The number of nitrogens with one attached hydrogen (secondary N) is 2. The highest BCUT2D eigenvalue weighted by atomic mass is 16.4. The van der Waals surface area contributed by atoms with Gasteiger partial charge in [0.1, 0.15) is 18.3 Å². The lowest BCUT2D eigenvalue weighted by Crippen LogP contribution is -2.47. The van der Waals surface area contributed by atoms with E-state index in [1.165, 1.54) is 10.9 Å². The third kappa shape index (κ3) is 6.19. The number of amides is 2. The maximum absolute atomic E-state index is 12.6. The van der Waals surface area contributed by atoms with Gasteiger partial charge in [0.05, 0.1) is 12.7 Å². The molecule has 0 fully saturated rings. The molecule has 0 aliphatic carbocycles. The SMILES string of the molecule is Cc1ccccc1C(=O)NC(CC(C)C)C(=O)NCc1cn(CC(=O)O)nn1. The zero-order valence-electron chi connectivity index (χ0n) is 16.2. The van der Waals surface area contributed by atoms with E-state index in [1.807, 2.05) is 32.9 Å². The van der Waals surface area contributed by atoms with E-state index in [4.69, 9.17) is 5.11 Å². The number of hydrogen-bond acceptors (Lipinski definition) is 5. The van der Waals surface area contributed by atoms with Crippen molar-refractivity contribution in [2.45, 2.75) is 46.3 Å². The fraction of sp³-hybridized carbons (Fsp3) is 0.421. The molecule has 28 heavy (non-hydrogen) atoms. The standard InChI is InChI=1S/C19H25N5O4/c1-12(2)8-16(21-18(27)15-7-5-4-6-13(15)3)19(28)20-9-14-10-24(23-22-14)11-17(25)26/h4-7,10,12,16H,8-9,11H2,1-3H3,(H,20,28)(H,21,27)(H,25,26). The molecule has 9 heteroatoms. The molecular formula is C19H25N5O4. The first-order chi connectivity index (χ1) is 13.3. The van der Waals surface area contributed by atoms with Crippen molar-refractivity contribution in [1.82, 2.24) is 25.6 Å². The molecule has 1 aromatic carbocycles. The Morgan fingerprint density at radius 1 is 1.21 bits per heavy atom. The number of carbonyl (C=O) groups excluding carboxylic acids is 2. The van der Waals surface area contributed by atoms with Crippen molar-refractivity contribution < 1.29 is 19.5 Å². The van der Waals surface area contributed by atoms with E-state index in [0.717, 1.165) is 5.56 Å². The average molecular weight is 387 g/mol. The van der Waals surface area contributed by atoms with Crippen molar-refractivity contribution in [3.8, 4) is 0 Å². The van der Waals surface area contributed by atoms with E-state index in [9.17, 15) is 14.4 Å². The molecule has 9 nitrogen and oxygen atoms in total. The van der Waals surface area contributed by atoms with E-state index >= 15 is 0 Å². The smallest absolute Gasteiger partial charge is 0.325 e. The molecule has 2 aromatic rings. The van der Waals surface area contributed by atoms with Crippen LogP contribution in [0.2, 0.25) is 0 Å². The molecule has 2 amide bonds. The van der Waals surface area contributed by atoms with Gasteiger partial charge in [-0.3, -0.25) is 14.4 Å². The van der Waals surface area contributed by atoms with Crippen molar-refractivity contribution in [3.05, 3.63) is 47.3 Å². The predicted molar refractivity (Wildman–Crippen MR) is 101 cm³/mol. The van der Waals surface area contributed by atoms with Gasteiger partial charge in [0, 0.05) is 5.56 Å². The van der Waals surface area contributed by atoms with Crippen LogP contribution in [0.15, 0.2) is 30.5 Å².